The second-order valence-electron chi connectivity index (χ2n) is 5.68. The number of nitrogens with one attached hydrogen (secondary N) is 1. The number of nitro groups is 2. The number of thioether (sulfide) groups is 1. The van der Waals surface area contributed by atoms with Crippen molar-refractivity contribution >= 4 is 40.4 Å². The Morgan fingerprint density at radius 1 is 1.07 bits per heavy atom. The Balaban J connectivity index is 1.65. The number of rotatable bonds is 6. The molecule has 1 atom stereocenters. The third kappa shape index (κ3) is 4.57. The summed E-state index contributed by atoms with van der Waals surface area (Å²) in [6.07, 6.45) is 1.59. The van der Waals surface area contributed by atoms with Gasteiger partial charge in [0.2, 0.25) is 5.91 Å². The summed E-state index contributed by atoms with van der Waals surface area (Å²) in [5.74, 6) is -0.299. The van der Waals surface area contributed by atoms with Crippen LogP contribution in [-0.4, -0.2) is 32.4 Å². The van der Waals surface area contributed by atoms with E-state index in [1.807, 2.05) is 0 Å². The Morgan fingerprint density at radius 2 is 1.79 bits per heavy atom. The molecule has 10 nitrogen and oxygen atoms in total. The van der Waals surface area contributed by atoms with Crippen molar-refractivity contribution < 1.29 is 14.6 Å². The highest BCUT2D eigenvalue weighted by Gasteiger charge is 2.32. The molecule has 142 valence electrons. The molecule has 3 rings (SSSR count). The molecule has 11 heteroatoms. The molecule has 1 aliphatic heterocycles. The molecule has 28 heavy (non-hydrogen) atoms. The summed E-state index contributed by atoms with van der Waals surface area (Å²) in [6, 6.07) is 12.0. The molecule has 1 fully saturated rings. The number of para-hydroxylation sites is 1. The van der Waals surface area contributed by atoms with Crippen LogP contribution in [0.4, 0.5) is 11.4 Å². The average Bonchev–Trinajstić information content (AvgIpc) is 3.01. The monoisotopic (exact) mass is 399 g/mol. The van der Waals surface area contributed by atoms with Crippen LogP contribution in [0, 0.1) is 20.2 Å². The summed E-state index contributed by atoms with van der Waals surface area (Å²) >= 11 is 1.14. The topological polar surface area (TPSA) is 140 Å². The van der Waals surface area contributed by atoms with Crippen molar-refractivity contribution in [2.45, 2.75) is 11.7 Å². The number of hydrogen-bond donors (Lipinski definition) is 1. The molecule has 0 saturated carbocycles. The molecule has 0 aliphatic carbocycles. The smallest absolute Gasteiger partial charge is 0.272 e. The van der Waals surface area contributed by atoms with Crippen molar-refractivity contribution in [3.8, 4) is 0 Å². The lowest BCUT2D eigenvalue weighted by molar-refractivity contribution is -0.385. The second-order valence-corrected chi connectivity index (χ2v) is 6.88. The molecule has 1 amide bonds. The largest absolute Gasteiger partial charge is 0.303 e. The van der Waals surface area contributed by atoms with Gasteiger partial charge in [-0.15, -0.1) is 5.10 Å². The second kappa shape index (κ2) is 8.39. The molecule has 1 heterocycles. The first-order chi connectivity index (χ1) is 13.4. The molecule has 2 aromatic rings. The van der Waals surface area contributed by atoms with Crippen LogP contribution in [0.3, 0.4) is 0 Å². The lowest BCUT2D eigenvalue weighted by Crippen LogP contribution is -2.26. The molecule has 0 bridgehead atoms. The molecule has 1 N–H and O–H groups in total. The standard InChI is InChI=1S/C17H13N5O5S/c23-16-15(9-12-3-1-2-4-14(12)22(26)27)28-17(19-16)20-18-10-11-5-7-13(8-6-11)21(24)25/h1-8,10,15H,9H2,(H,19,20,23). The van der Waals surface area contributed by atoms with Crippen molar-refractivity contribution in [2.75, 3.05) is 0 Å². The predicted octanol–water partition coefficient (Wildman–Crippen LogP) is 2.67. The molecule has 1 unspecified atom stereocenters. The Kier molecular flexibility index (Phi) is 5.75. The highest BCUT2D eigenvalue weighted by atomic mass is 32.2. The van der Waals surface area contributed by atoms with Crippen LogP contribution in [0.2, 0.25) is 0 Å². The summed E-state index contributed by atoms with van der Waals surface area (Å²) < 4.78 is 0. The van der Waals surface area contributed by atoms with E-state index in [9.17, 15) is 25.0 Å². The van der Waals surface area contributed by atoms with Crippen LogP contribution in [-0.2, 0) is 11.2 Å². The number of amides is 1. The van der Waals surface area contributed by atoms with E-state index in [1.165, 1.54) is 36.5 Å². The molecular weight excluding hydrogens is 386 g/mol. The number of carbonyl (C=O) groups excluding carboxylic acids is 1. The lowest BCUT2D eigenvalue weighted by Gasteiger charge is -2.05. The van der Waals surface area contributed by atoms with Crippen molar-refractivity contribution in [1.82, 2.24) is 5.32 Å². The zero-order valence-corrected chi connectivity index (χ0v) is 15.0. The van der Waals surface area contributed by atoms with E-state index in [-0.39, 0.29) is 28.9 Å². The van der Waals surface area contributed by atoms with E-state index in [2.05, 4.69) is 15.5 Å². The number of amidine groups is 1. The van der Waals surface area contributed by atoms with Gasteiger partial charge in [-0.1, -0.05) is 30.0 Å². The fourth-order valence-corrected chi connectivity index (χ4v) is 3.43. The first kappa shape index (κ1) is 19.2. The van der Waals surface area contributed by atoms with Crippen molar-refractivity contribution in [3.63, 3.8) is 0 Å². The molecule has 2 aromatic carbocycles. The Labute approximate surface area is 162 Å². The Hall–Kier alpha value is -3.60. The van der Waals surface area contributed by atoms with Gasteiger partial charge in [0.25, 0.3) is 11.4 Å². The summed E-state index contributed by atoms with van der Waals surface area (Å²) in [5, 5.41) is 31.8. The van der Waals surface area contributed by atoms with Crippen LogP contribution in [0.1, 0.15) is 11.1 Å². The summed E-state index contributed by atoms with van der Waals surface area (Å²) in [4.78, 5) is 32.8. The van der Waals surface area contributed by atoms with Gasteiger partial charge in [-0.05, 0) is 17.7 Å². The van der Waals surface area contributed by atoms with E-state index in [0.29, 0.717) is 11.1 Å². The fraction of sp³-hybridized carbons (Fsp3) is 0.118. The Bertz CT molecular complexity index is 990. The molecule has 1 aliphatic rings. The van der Waals surface area contributed by atoms with E-state index in [4.69, 9.17) is 0 Å². The number of hydrogen-bond acceptors (Lipinski definition) is 8. The first-order valence-electron chi connectivity index (χ1n) is 7.99. The molecule has 0 radical (unpaired) electrons. The minimum absolute atomic E-state index is 0.0278. The lowest BCUT2D eigenvalue weighted by atomic mass is 10.1. The highest BCUT2D eigenvalue weighted by molar-refractivity contribution is 8.15. The third-order valence-corrected chi connectivity index (χ3v) is 4.90. The van der Waals surface area contributed by atoms with Gasteiger partial charge >= 0.3 is 0 Å². The van der Waals surface area contributed by atoms with E-state index < -0.39 is 15.1 Å². The van der Waals surface area contributed by atoms with E-state index in [0.717, 1.165) is 11.8 Å². The van der Waals surface area contributed by atoms with Gasteiger partial charge in [0.05, 0.1) is 21.3 Å². The zero-order valence-electron chi connectivity index (χ0n) is 14.2. The first-order valence-corrected chi connectivity index (χ1v) is 8.87. The van der Waals surface area contributed by atoms with Crippen molar-refractivity contribution in [2.24, 2.45) is 10.2 Å². The van der Waals surface area contributed by atoms with Crippen LogP contribution in [0.5, 0.6) is 0 Å². The summed E-state index contributed by atoms with van der Waals surface area (Å²) in [6.45, 7) is 0. The van der Waals surface area contributed by atoms with E-state index in [1.54, 1.807) is 18.2 Å². The maximum Gasteiger partial charge on any atom is 0.272 e. The maximum atomic E-state index is 12.1. The van der Waals surface area contributed by atoms with E-state index >= 15 is 0 Å². The summed E-state index contributed by atoms with van der Waals surface area (Å²) in [5.41, 5.74) is 1.02. The van der Waals surface area contributed by atoms with Crippen LogP contribution >= 0.6 is 11.8 Å². The van der Waals surface area contributed by atoms with Gasteiger partial charge < -0.3 is 5.32 Å². The number of non-ortho nitro benzene ring substituents is 1. The third-order valence-electron chi connectivity index (χ3n) is 3.83. The zero-order chi connectivity index (χ0) is 20.1. The van der Waals surface area contributed by atoms with Crippen molar-refractivity contribution in [3.05, 3.63) is 79.9 Å². The van der Waals surface area contributed by atoms with Crippen LogP contribution in [0.15, 0.2) is 58.7 Å². The van der Waals surface area contributed by atoms with Crippen LogP contribution in [0.25, 0.3) is 0 Å². The number of nitrogens with zero attached hydrogens (tertiary/aromatic N) is 4. The Morgan fingerprint density at radius 3 is 2.46 bits per heavy atom. The van der Waals surface area contributed by atoms with Gasteiger partial charge in [-0.2, -0.15) is 5.10 Å². The SMILES string of the molecule is O=C1N/C(=N\N=Cc2ccc([N+](=O)[O-])cc2)SC1Cc1ccccc1[N+](=O)[O-]. The predicted molar refractivity (Wildman–Crippen MR) is 104 cm³/mol. The number of carbonyl (C=O) groups is 1. The van der Waals surface area contributed by atoms with Crippen molar-refractivity contribution in [1.29, 1.82) is 0 Å². The molecule has 0 spiro atoms. The minimum atomic E-state index is -0.547. The van der Waals surface area contributed by atoms with Gasteiger partial charge in [-0.25, -0.2) is 0 Å². The normalized spacial score (nSPS) is 17.8. The molecular formula is C17H13N5O5S. The average molecular weight is 399 g/mol. The number of benzene rings is 2. The number of nitro benzene ring substituents is 2. The summed E-state index contributed by atoms with van der Waals surface area (Å²) in [7, 11) is 0. The van der Waals surface area contributed by atoms with Gasteiger partial charge in [0.15, 0.2) is 5.17 Å². The van der Waals surface area contributed by atoms with Crippen LogP contribution < -0.4 is 5.32 Å². The quantitative estimate of drug-likeness (QED) is 0.450. The molecule has 1 saturated heterocycles. The fourth-order valence-electron chi connectivity index (χ4n) is 2.48. The van der Waals surface area contributed by atoms with Gasteiger partial charge in [0, 0.05) is 30.2 Å². The van der Waals surface area contributed by atoms with Gasteiger partial charge in [-0.3, -0.25) is 25.0 Å². The maximum absolute atomic E-state index is 12.1. The van der Waals surface area contributed by atoms with Gasteiger partial charge in [0.1, 0.15) is 0 Å². The minimum Gasteiger partial charge on any atom is -0.303 e. The molecule has 0 aromatic heterocycles. The highest BCUT2D eigenvalue weighted by Crippen LogP contribution is 2.27.